The third-order valence-electron chi connectivity index (χ3n) is 2.77. The number of sulfonamides is 1. The largest absolute Gasteiger partial charge is 0.398 e. The minimum absolute atomic E-state index is 0.143. The molecule has 0 unspecified atom stereocenters. The van der Waals surface area contributed by atoms with Crippen molar-refractivity contribution >= 4 is 53.3 Å². The number of halogens is 3. The van der Waals surface area contributed by atoms with Gasteiger partial charge in [0.05, 0.1) is 5.69 Å². The summed E-state index contributed by atoms with van der Waals surface area (Å²) < 4.78 is 41.9. The topological polar surface area (TPSA) is 72.2 Å². The lowest BCUT2D eigenvalue weighted by Crippen LogP contribution is -2.15. The van der Waals surface area contributed by atoms with Gasteiger partial charge in [-0.15, -0.1) is 0 Å². The van der Waals surface area contributed by atoms with Gasteiger partial charge in [-0.2, -0.15) is 0 Å². The van der Waals surface area contributed by atoms with Crippen LogP contribution in [0.2, 0.25) is 0 Å². The summed E-state index contributed by atoms with van der Waals surface area (Å²) in [6.45, 7) is 1.74. The van der Waals surface area contributed by atoms with Crippen LogP contribution >= 0.6 is 31.9 Å². The third kappa shape index (κ3) is 3.56. The van der Waals surface area contributed by atoms with Gasteiger partial charge in [-0.05, 0) is 58.7 Å². The number of anilines is 2. The molecule has 0 fully saturated rings. The van der Waals surface area contributed by atoms with Crippen LogP contribution < -0.4 is 10.5 Å². The number of rotatable bonds is 3. The molecule has 3 N–H and O–H groups in total. The zero-order valence-corrected chi connectivity index (χ0v) is 14.8. The Morgan fingerprint density at radius 3 is 2.48 bits per heavy atom. The fraction of sp³-hybridized carbons (Fsp3) is 0.0769. The normalized spacial score (nSPS) is 11.4. The first-order valence-corrected chi connectivity index (χ1v) is 8.81. The smallest absolute Gasteiger partial charge is 0.264 e. The SMILES string of the molecule is Cc1cc(Br)ccc1NS(=O)(=O)c1cc(N)c(Br)cc1F. The van der Waals surface area contributed by atoms with Crippen LogP contribution in [-0.2, 0) is 10.0 Å². The van der Waals surface area contributed by atoms with Gasteiger partial charge in [0.15, 0.2) is 0 Å². The van der Waals surface area contributed by atoms with Crippen molar-refractivity contribution in [2.75, 3.05) is 10.5 Å². The maximum atomic E-state index is 13.9. The lowest BCUT2D eigenvalue weighted by atomic mass is 10.2. The van der Waals surface area contributed by atoms with Crippen LogP contribution in [0.4, 0.5) is 15.8 Å². The molecule has 0 saturated carbocycles. The van der Waals surface area contributed by atoms with Crippen LogP contribution in [0.15, 0.2) is 44.2 Å². The number of aryl methyl sites for hydroxylation is 1. The Bertz CT molecular complexity index is 810. The zero-order valence-electron chi connectivity index (χ0n) is 10.8. The van der Waals surface area contributed by atoms with Crippen molar-refractivity contribution in [2.24, 2.45) is 0 Å². The average Bonchev–Trinajstić information content (AvgIpc) is 2.37. The highest BCUT2D eigenvalue weighted by Gasteiger charge is 2.21. The molecular weight excluding hydrogens is 427 g/mol. The van der Waals surface area contributed by atoms with Crippen molar-refractivity contribution in [1.29, 1.82) is 0 Å². The summed E-state index contributed by atoms with van der Waals surface area (Å²) in [7, 11) is -4.06. The molecule has 4 nitrogen and oxygen atoms in total. The van der Waals surface area contributed by atoms with Gasteiger partial charge >= 0.3 is 0 Å². The minimum atomic E-state index is -4.06. The Morgan fingerprint density at radius 1 is 1.19 bits per heavy atom. The molecule has 0 aliphatic rings. The van der Waals surface area contributed by atoms with Gasteiger partial charge in [0.25, 0.3) is 10.0 Å². The molecule has 0 aliphatic heterocycles. The molecule has 0 bridgehead atoms. The van der Waals surface area contributed by atoms with E-state index in [1.165, 1.54) is 0 Å². The highest BCUT2D eigenvalue weighted by Crippen LogP contribution is 2.28. The van der Waals surface area contributed by atoms with Crippen LogP contribution in [0.5, 0.6) is 0 Å². The molecule has 112 valence electrons. The first-order valence-electron chi connectivity index (χ1n) is 5.74. The molecule has 2 aromatic carbocycles. The summed E-state index contributed by atoms with van der Waals surface area (Å²) in [5, 5.41) is 0. The van der Waals surface area contributed by atoms with E-state index in [1.807, 2.05) is 0 Å². The quantitative estimate of drug-likeness (QED) is 0.711. The van der Waals surface area contributed by atoms with E-state index in [4.69, 9.17) is 5.73 Å². The highest BCUT2D eigenvalue weighted by atomic mass is 79.9. The maximum Gasteiger partial charge on any atom is 0.264 e. The lowest BCUT2D eigenvalue weighted by Gasteiger charge is -2.12. The van der Waals surface area contributed by atoms with E-state index in [1.54, 1.807) is 25.1 Å². The van der Waals surface area contributed by atoms with E-state index < -0.39 is 20.7 Å². The van der Waals surface area contributed by atoms with Crippen LogP contribution in [0.25, 0.3) is 0 Å². The summed E-state index contributed by atoms with van der Waals surface area (Å²) >= 11 is 6.34. The summed E-state index contributed by atoms with van der Waals surface area (Å²) in [5.41, 5.74) is 6.84. The highest BCUT2D eigenvalue weighted by molar-refractivity contribution is 9.10. The molecule has 0 saturated heterocycles. The molecular formula is C13H11Br2FN2O2S. The van der Waals surface area contributed by atoms with E-state index in [0.29, 0.717) is 15.7 Å². The number of hydrogen-bond acceptors (Lipinski definition) is 3. The van der Waals surface area contributed by atoms with E-state index in [0.717, 1.165) is 16.6 Å². The van der Waals surface area contributed by atoms with Gasteiger partial charge in [-0.25, -0.2) is 12.8 Å². The minimum Gasteiger partial charge on any atom is -0.398 e. The Kier molecular flexibility index (Phi) is 4.60. The number of nitrogens with one attached hydrogen (secondary N) is 1. The molecule has 8 heteroatoms. The molecule has 2 aromatic rings. The molecule has 21 heavy (non-hydrogen) atoms. The average molecular weight is 438 g/mol. The predicted molar refractivity (Wildman–Crippen MR) is 88.2 cm³/mol. The number of nitrogen functional groups attached to an aromatic ring is 1. The summed E-state index contributed by atoms with van der Waals surface area (Å²) in [5.74, 6) is -0.877. The van der Waals surface area contributed by atoms with Crippen molar-refractivity contribution in [1.82, 2.24) is 0 Å². The van der Waals surface area contributed by atoms with Crippen LogP contribution in [0.1, 0.15) is 5.56 Å². The second-order valence-corrected chi connectivity index (χ2v) is 7.79. The standard InChI is InChI=1S/C13H11Br2FN2O2S/c1-7-4-8(14)2-3-12(7)18-21(19,20)13-6-11(17)9(15)5-10(13)16/h2-6,18H,17H2,1H3. The van der Waals surface area contributed by atoms with E-state index in [9.17, 15) is 12.8 Å². The summed E-state index contributed by atoms with van der Waals surface area (Å²) in [6.07, 6.45) is 0. The first-order chi connectivity index (χ1) is 9.70. The Hall–Kier alpha value is -1.12. The Labute approximate surface area is 138 Å². The van der Waals surface area contributed by atoms with Crippen LogP contribution in [-0.4, -0.2) is 8.42 Å². The first kappa shape index (κ1) is 16.3. The van der Waals surface area contributed by atoms with Crippen molar-refractivity contribution in [3.63, 3.8) is 0 Å². The van der Waals surface area contributed by atoms with Gasteiger partial charge in [-0.3, -0.25) is 4.72 Å². The third-order valence-corrected chi connectivity index (χ3v) is 5.33. The fourth-order valence-electron chi connectivity index (χ4n) is 1.69. The second-order valence-electron chi connectivity index (χ2n) is 4.37. The molecule has 0 aliphatic carbocycles. The second kappa shape index (κ2) is 5.94. The van der Waals surface area contributed by atoms with Gasteiger partial charge < -0.3 is 5.73 Å². The van der Waals surface area contributed by atoms with Crippen molar-refractivity contribution in [3.05, 3.63) is 50.7 Å². The summed E-state index contributed by atoms with van der Waals surface area (Å²) in [6, 6.07) is 7.15. The van der Waals surface area contributed by atoms with Crippen molar-refractivity contribution in [3.8, 4) is 0 Å². The molecule has 0 amide bonds. The molecule has 0 radical (unpaired) electrons. The van der Waals surface area contributed by atoms with Gasteiger partial charge in [0, 0.05) is 14.6 Å². The lowest BCUT2D eigenvalue weighted by molar-refractivity contribution is 0.570. The summed E-state index contributed by atoms with van der Waals surface area (Å²) in [4.78, 5) is -0.495. The predicted octanol–water partition coefficient (Wildman–Crippen LogP) is 4.04. The molecule has 0 aromatic heterocycles. The van der Waals surface area contributed by atoms with Gasteiger partial charge in [0.1, 0.15) is 10.7 Å². The molecule has 0 heterocycles. The van der Waals surface area contributed by atoms with Gasteiger partial charge in [-0.1, -0.05) is 15.9 Å². The fourth-order valence-corrected chi connectivity index (χ4v) is 3.71. The van der Waals surface area contributed by atoms with E-state index in [-0.39, 0.29) is 5.69 Å². The van der Waals surface area contributed by atoms with Gasteiger partial charge in [0.2, 0.25) is 0 Å². The number of nitrogens with two attached hydrogens (primary N) is 1. The Balaban J connectivity index is 2.46. The van der Waals surface area contributed by atoms with Crippen LogP contribution in [0, 0.1) is 12.7 Å². The molecule has 0 spiro atoms. The van der Waals surface area contributed by atoms with Crippen molar-refractivity contribution in [2.45, 2.75) is 11.8 Å². The zero-order chi connectivity index (χ0) is 15.8. The number of benzene rings is 2. The molecule has 2 rings (SSSR count). The van der Waals surface area contributed by atoms with E-state index in [2.05, 4.69) is 36.6 Å². The monoisotopic (exact) mass is 436 g/mol. The Morgan fingerprint density at radius 2 is 1.86 bits per heavy atom. The van der Waals surface area contributed by atoms with E-state index >= 15 is 0 Å². The molecule has 0 atom stereocenters. The maximum absolute atomic E-state index is 13.9. The number of hydrogen-bond donors (Lipinski definition) is 2. The van der Waals surface area contributed by atoms with Crippen molar-refractivity contribution < 1.29 is 12.8 Å². The van der Waals surface area contributed by atoms with Crippen LogP contribution in [0.3, 0.4) is 0 Å².